The van der Waals surface area contributed by atoms with Crippen molar-refractivity contribution in [3.63, 3.8) is 0 Å². The third-order valence-electron chi connectivity index (χ3n) is 6.22. The third kappa shape index (κ3) is 2.97. The number of nitrogens with zero attached hydrogens (tertiary/aromatic N) is 5. The van der Waals surface area contributed by atoms with Gasteiger partial charge in [0.1, 0.15) is 16.9 Å². The number of aromatic nitrogens is 3. The first-order chi connectivity index (χ1) is 14.7. The largest absolute Gasteiger partial charge is 0.441 e. The molecule has 1 aliphatic carbocycles. The highest BCUT2D eigenvalue weighted by molar-refractivity contribution is 5.93. The van der Waals surface area contributed by atoms with E-state index in [1.54, 1.807) is 6.20 Å². The van der Waals surface area contributed by atoms with Gasteiger partial charge in [-0.3, -0.25) is 14.1 Å². The van der Waals surface area contributed by atoms with E-state index in [1.165, 1.54) is 12.8 Å². The topological polar surface area (TPSA) is 66.9 Å². The smallest absolute Gasteiger partial charge is 0.272 e. The van der Waals surface area contributed by atoms with Gasteiger partial charge < -0.3 is 9.32 Å². The van der Waals surface area contributed by atoms with Crippen molar-refractivity contribution in [2.75, 3.05) is 26.2 Å². The van der Waals surface area contributed by atoms with Crippen LogP contribution in [0.1, 0.15) is 29.2 Å². The zero-order valence-electron chi connectivity index (χ0n) is 16.9. The Morgan fingerprint density at radius 1 is 1.07 bits per heavy atom. The molecule has 0 unspecified atom stereocenters. The molecule has 0 bridgehead atoms. The molecule has 4 heterocycles. The van der Waals surface area contributed by atoms with Gasteiger partial charge in [0.05, 0.1) is 6.20 Å². The molecule has 0 N–H and O–H groups in total. The second-order valence-electron chi connectivity index (χ2n) is 8.26. The SMILES string of the molecule is Cc1nc2cc(-c3ccc4ncc(C(=O)N5CCN(C6CC6)CC5)n4c3)ccc2o1. The molecule has 2 fully saturated rings. The Balaban J connectivity index is 1.31. The Hall–Kier alpha value is -3.19. The van der Waals surface area contributed by atoms with E-state index in [4.69, 9.17) is 4.42 Å². The van der Waals surface area contributed by atoms with Gasteiger partial charge in [-0.1, -0.05) is 6.07 Å². The van der Waals surface area contributed by atoms with Crippen LogP contribution in [0.5, 0.6) is 0 Å². The van der Waals surface area contributed by atoms with Crippen LogP contribution in [0.4, 0.5) is 0 Å². The van der Waals surface area contributed by atoms with E-state index in [9.17, 15) is 4.79 Å². The normalized spacial score (nSPS) is 17.8. The number of hydrogen-bond acceptors (Lipinski definition) is 5. The van der Waals surface area contributed by atoms with Gasteiger partial charge in [0.15, 0.2) is 11.5 Å². The molecule has 7 nitrogen and oxygen atoms in total. The molecule has 0 radical (unpaired) electrons. The summed E-state index contributed by atoms with van der Waals surface area (Å²) < 4.78 is 7.49. The van der Waals surface area contributed by atoms with Crippen LogP contribution in [0.2, 0.25) is 0 Å². The predicted molar refractivity (Wildman–Crippen MR) is 113 cm³/mol. The summed E-state index contributed by atoms with van der Waals surface area (Å²) in [6.45, 7) is 5.35. The lowest BCUT2D eigenvalue weighted by atomic mass is 10.1. The molecule has 152 valence electrons. The number of carbonyl (C=O) groups is 1. The maximum atomic E-state index is 13.2. The van der Waals surface area contributed by atoms with Crippen molar-refractivity contribution in [3.05, 3.63) is 54.3 Å². The second-order valence-corrected chi connectivity index (χ2v) is 8.26. The molecular formula is C23H23N5O2. The summed E-state index contributed by atoms with van der Waals surface area (Å²) in [5, 5.41) is 0. The van der Waals surface area contributed by atoms with E-state index < -0.39 is 0 Å². The maximum absolute atomic E-state index is 13.2. The van der Waals surface area contributed by atoms with Crippen molar-refractivity contribution < 1.29 is 9.21 Å². The number of piperazine rings is 1. The van der Waals surface area contributed by atoms with Crippen molar-refractivity contribution in [1.82, 2.24) is 24.2 Å². The number of rotatable bonds is 3. The second kappa shape index (κ2) is 6.67. The summed E-state index contributed by atoms with van der Waals surface area (Å²) in [5.41, 5.74) is 5.04. The van der Waals surface area contributed by atoms with E-state index in [2.05, 4.69) is 14.9 Å². The molecule has 6 rings (SSSR count). The highest BCUT2D eigenvalue weighted by Gasteiger charge is 2.33. The standard InChI is InChI=1S/C23H23N5O2/c1-15-25-19-12-16(2-6-21(19)30-15)17-3-7-22-24-13-20(28(22)14-17)23(29)27-10-8-26(9-11-27)18-4-5-18/h2-3,6-7,12-14,18H,4-5,8-11H2,1H3. The number of benzene rings is 1. The van der Waals surface area contributed by atoms with Gasteiger partial charge in [0, 0.05) is 45.3 Å². The van der Waals surface area contributed by atoms with Crippen LogP contribution in [-0.2, 0) is 0 Å². The molecule has 7 heteroatoms. The number of imidazole rings is 1. The highest BCUT2D eigenvalue weighted by atomic mass is 16.3. The number of hydrogen-bond donors (Lipinski definition) is 0. The first-order valence-electron chi connectivity index (χ1n) is 10.5. The third-order valence-corrected chi connectivity index (χ3v) is 6.22. The lowest BCUT2D eigenvalue weighted by molar-refractivity contribution is 0.0620. The van der Waals surface area contributed by atoms with Crippen molar-refractivity contribution in [2.45, 2.75) is 25.8 Å². The van der Waals surface area contributed by atoms with E-state index in [0.29, 0.717) is 11.6 Å². The minimum Gasteiger partial charge on any atom is -0.441 e. The number of fused-ring (bicyclic) bond motifs is 2. The summed E-state index contributed by atoms with van der Waals surface area (Å²) >= 11 is 0. The summed E-state index contributed by atoms with van der Waals surface area (Å²) in [6, 6.07) is 10.7. The summed E-state index contributed by atoms with van der Waals surface area (Å²) in [5.74, 6) is 0.708. The molecule has 1 aliphatic heterocycles. The van der Waals surface area contributed by atoms with Crippen LogP contribution in [0, 0.1) is 6.92 Å². The minimum atomic E-state index is 0.0534. The van der Waals surface area contributed by atoms with Crippen LogP contribution in [0.3, 0.4) is 0 Å². The molecule has 0 atom stereocenters. The summed E-state index contributed by atoms with van der Waals surface area (Å²) in [6.07, 6.45) is 6.30. The van der Waals surface area contributed by atoms with E-state index in [0.717, 1.165) is 60.1 Å². The van der Waals surface area contributed by atoms with Gasteiger partial charge in [0.2, 0.25) is 0 Å². The lowest BCUT2D eigenvalue weighted by Crippen LogP contribution is -2.49. The van der Waals surface area contributed by atoms with Gasteiger partial charge in [-0.2, -0.15) is 0 Å². The maximum Gasteiger partial charge on any atom is 0.272 e. The highest BCUT2D eigenvalue weighted by Crippen LogP contribution is 2.28. The molecule has 4 aromatic rings. The van der Waals surface area contributed by atoms with Crippen molar-refractivity contribution in [2.24, 2.45) is 0 Å². The van der Waals surface area contributed by atoms with Crippen LogP contribution < -0.4 is 0 Å². The fourth-order valence-electron chi connectivity index (χ4n) is 4.42. The fourth-order valence-corrected chi connectivity index (χ4v) is 4.42. The molecule has 30 heavy (non-hydrogen) atoms. The Bertz CT molecular complexity index is 1260. The summed E-state index contributed by atoms with van der Waals surface area (Å²) in [7, 11) is 0. The van der Waals surface area contributed by atoms with E-state index in [1.807, 2.05) is 52.8 Å². The Morgan fingerprint density at radius 2 is 1.87 bits per heavy atom. The number of aryl methyl sites for hydroxylation is 1. The molecule has 1 amide bonds. The Kier molecular flexibility index (Phi) is 3.92. The summed E-state index contributed by atoms with van der Waals surface area (Å²) in [4.78, 5) is 26.6. The molecule has 1 saturated heterocycles. The zero-order valence-corrected chi connectivity index (χ0v) is 16.9. The minimum absolute atomic E-state index is 0.0534. The van der Waals surface area contributed by atoms with Crippen molar-refractivity contribution >= 4 is 22.7 Å². The van der Waals surface area contributed by atoms with Crippen molar-refractivity contribution in [3.8, 4) is 11.1 Å². The molecule has 0 spiro atoms. The van der Waals surface area contributed by atoms with Crippen LogP contribution in [0.25, 0.3) is 27.9 Å². The monoisotopic (exact) mass is 401 g/mol. The van der Waals surface area contributed by atoms with E-state index >= 15 is 0 Å². The van der Waals surface area contributed by atoms with Crippen LogP contribution in [-0.4, -0.2) is 62.3 Å². The molecule has 2 aliphatic rings. The molecule has 1 aromatic carbocycles. The first-order valence-corrected chi connectivity index (χ1v) is 10.5. The first kappa shape index (κ1) is 17.7. The number of oxazole rings is 1. The molecule has 3 aromatic heterocycles. The van der Waals surface area contributed by atoms with Gasteiger partial charge >= 0.3 is 0 Å². The predicted octanol–water partition coefficient (Wildman–Crippen LogP) is 3.37. The average molecular weight is 401 g/mol. The van der Waals surface area contributed by atoms with Gasteiger partial charge in [0.25, 0.3) is 5.91 Å². The molecular weight excluding hydrogens is 378 g/mol. The quantitative estimate of drug-likeness (QED) is 0.527. The zero-order chi connectivity index (χ0) is 20.2. The van der Waals surface area contributed by atoms with Crippen LogP contribution >= 0.6 is 0 Å². The average Bonchev–Trinajstić information content (AvgIpc) is 3.42. The van der Waals surface area contributed by atoms with E-state index in [-0.39, 0.29) is 5.91 Å². The number of carbonyl (C=O) groups excluding carboxylic acids is 1. The number of amides is 1. The fraction of sp³-hybridized carbons (Fsp3) is 0.348. The van der Waals surface area contributed by atoms with Gasteiger partial charge in [-0.25, -0.2) is 9.97 Å². The van der Waals surface area contributed by atoms with Gasteiger partial charge in [-0.15, -0.1) is 0 Å². The van der Waals surface area contributed by atoms with Crippen LogP contribution in [0.15, 0.2) is 47.1 Å². The molecule has 1 saturated carbocycles. The number of pyridine rings is 1. The van der Waals surface area contributed by atoms with Crippen molar-refractivity contribution in [1.29, 1.82) is 0 Å². The Labute approximate surface area is 173 Å². The Morgan fingerprint density at radius 3 is 2.67 bits per heavy atom. The van der Waals surface area contributed by atoms with Gasteiger partial charge in [-0.05, 0) is 48.2 Å². The lowest BCUT2D eigenvalue weighted by Gasteiger charge is -2.34.